The fraction of sp³-hybridized carbons (Fsp3) is 0.800. The van der Waals surface area contributed by atoms with E-state index >= 15 is 0 Å². The number of rotatable bonds is 2. The highest BCUT2D eigenvalue weighted by Gasteiger charge is 2.41. The van der Waals surface area contributed by atoms with Crippen molar-refractivity contribution in [3.63, 3.8) is 0 Å². The van der Waals surface area contributed by atoms with E-state index in [2.05, 4.69) is 33.9 Å². The van der Waals surface area contributed by atoms with Crippen LogP contribution in [0.5, 0.6) is 0 Å². The summed E-state index contributed by atoms with van der Waals surface area (Å²) in [6, 6.07) is 0. The second-order valence-corrected chi connectivity index (χ2v) is 12.6. The lowest BCUT2D eigenvalue weighted by atomic mass is 10.2. The molecule has 116 valence electrons. The average Bonchev–Trinajstić information content (AvgIpc) is 2.60. The molecule has 0 aliphatic carbocycles. The Kier molecular flexibility index (Phi) is 4.76. The lowest BCUT2D eigenvalue weighted by Crippen LogP contribution is -2.49. The molecular formula is C15H29NO3Si. The first kappa shape index (κ1) is 17.2. The van der Waals surface area contributed by atoms with Crippen molar-refractivity contribution in [1.82, 2.24) is 4.90 Å². The fourth-order valence-electron chi connectivity index (χ4n) is 1.58. The Morgan fingerprint density at radius 1 is 1.20 bits per heavy atom. The molecule has 1 heterocycles. The molecule has 0 fully saturated rings. The maximum Gasteiger partial charge on any atom is 0.412 e. The summed E-state index contributed by atoms with van der Waals surface area (Å²) in [5, 5.41) is 0.114. The van der Waals surface area contributed by atoms with Crippen molar-refractivity contribution in [3.05, 3.63) is 12.2 Å². The van der Waals surface area contributed by atoms with E-state index in [4.69, 9.17) is 9.16 Å². The first-order valence-electron chi connectivity index (χ1n) is 7.18. The van der Waals surface area contributed by atoms with Crippen molar-refractivity contribution < 1.29 is 14.0 Å². The number of carbonyl (C=O) groups excluding carboxylic acids is 1. The van der Waals surface area contributed by atoms with Crippen LogP contribution in [0.15, 0.2) is 12.2 Å². The van der Waals surface area contributed by atoms with Crippen LogP contribution in [-0.4, -0.2) is 37.7 Å². The summed E-state index contributed by atoms with van der Waals surface area (Å²) in [5.74, 6) is 0. The molecule has 1 rings (SSSR count). The second-order valence-electron chi connectivity index (χ2n) is 7.83. The monoisotopic (exact) mass is 299 g/mol. The van der Waals surface area contributed by atoms with Gasteiger partial charge in [0.15, 0.2) is 8.32 Å². The molecule has 0 saturated heterocycles. The van der Waals surface area contributed by atoms with Gasteiger partial charge in [-0.05, 0) is 45.0 Å². The molecule has 5 heteroatoms. The summed E-state index contributed by atoms with van der Waals surface area (Å²) < 4.78 is 11.7. The zero-order valence-corrected chi connectivity index (χ0v) is 15.1. The lowest BCUT2D eigenvalue weighted by molar-refractivity contribution is -0.00152. The van der Waals surface area contributed by atoms with E-state index in [-0.39, 0.29) is 17.4 Å². The Morgan fingerprint density at radius 3 is 2.20 bits per heavy atom. The normalized spacial score (nSPS) is 20.4. The zero-order chi connectivity index (χ0) is 15.8. The minimum absolute atomic E-state index is 0.114. The third-order valence-electron chi connectivity index (χ3n) is 3.76. The minimum atomic E-state index is -1.92. The standard InChI is InChI=1S/C15H29NO3Si/c1-14(2,3)18-13(17)16-11-9-10-12(16)19-20(7,8)15(4,5)6/h9-10,12H,11H2,1-8H3. The molecule has 0 bridgehead atoms. The van der Waals surface area contributed by atoms with Gasteiger partial charge in [-0.25, -0.2) is 4.79 Å². The van der Waals surface area contributed by atoms with Gasteiger partial charge in [-0.2, -0.15) is 0 Å². The molecule has 0 saturated carbocycles. The summed E-state index contributed by atoms with van der Waals surface area (Å²) in [6.45, 7) is 17.1. The molecule has 1 atom stereocenters. The molecule has 0 radical (unpaired) electrons. The van der Waals surface area contributed by atoms with Crippen molar-refractivity contribution in [2.75, 3.05) is 6.54 Å². The Balaban J connectivity index is 2.76. The first-order valence-corrected chi connectivity index (χ1v) is 10.1. The third kappa shape index (κ3) is 4.35. The largest absolute Gasteiger partial charge is 0.444 e. The van der Waals surface area contributed by atoms with E-state index in [0.717, 1.165) is 0 Å². The second kappa shape index (κ2) is 5.52. The van der Waals surface area contributed by atoms with Crippen LogP contribution in [-0.2, 0) is 9.16 Å². The number of ether oxygens (including phenoxy) is 1. The maximum absolute atomic E-state index is 12.2. The first-order chi connectivity index (χ1) is 8.83. The van der Waals surface area contributed by atoms with E-state index in [0.29, 0.717) is 6.54 Å². The van der Waals surface area contributed by atoms with E-state index < -0.39 is 13.9 Å². The Labute approximate surface area is 124 Å². The molecule has 0 N–H and O–H groups in total. The van der Waals surface area contributed by atoms with Crippen molar-refractivity contribution in [2.24, 2.45) is 0 Å². The van der Waals surface area contributed by atoms with Gasteiger partial charge in [0.1, 0.15) is 11.8 Å². The van der Waals surface area contributed by atoms with Crippen molar-refractivity contribution in [1.29, 1.82) is 0 Å². The minimum Gasteiger partial charge on any atom is -0.444 e. The van der Waals surface area contributed by atoms with Crippen molar-refractivity contribution >= 4 is 14.4 Å². The molecular weight excluding hydrogens is 270 g/mol. The van der Waals surface area contributed by atoms with Crippen LogP contribution in [0.25, 0.3) is 0 Å². The maximum atomic E-state index is 12.2. The third-order valence-corrected chi connectivity index (χ3v) is 8.20. The summed E-state index contributed by atoms with van der Waals surface area (Å²) in [5.41, 5.74) is -0.485. The predicted molar refractivity (Wildman–Crippen MR) is 84.2 cm³/mol. The average molecular weight is 299 g/mol. The summed E-state index contributed by atoms with van der Waals surface area (Å²) in [6.07, 6.45) is 3.29. The summed E-state index contributed by atoms with van der Waals surface area (Å²) in [7, 11) is -1.92. The highest BCUT2D eigenvalue weighted by Crippen LogP contribution is 2.38. The molecule has 0 spiro atoms. The van der Waals surface area contributed by atoms with Gasteiger partial charge in [-0.15, -0.1) is 0 Å². The molecule has 0 aromatic heterocycles. The van der Waals surface area contributed by atoms with Crippen LogP contribution in [0.1, 0.15) is 41.5 Å². The topological polar surface area (TPSA) is 38.8 Å². The van der Waals surface area contributed by atoms with Crippen LogP contribution in [0.4, 0.5) is 4.79 Å². The van der Waals surface area contributed by atoms with Crippen LogP contribution in [0, 0.1) is 0 Å². The molecule has 1 unspecified atom stereocenters. The molecule has 0 aromatic rings. The van der Waals surface area contributed by atoms with Gasteiger partial charge in [-0.3, -0.25) is 4.90 Å². The molecule has 4 nitrogen and oxygen atoms in total. The zero-order valence-electron chi connectivity index (χ0n) is 14.1. The number of nitrogens with zero attached hydrogens (tertiary/aromatic N) is 1. The van der Waals surface area contributed by atoms with Crippen LogP contribution >= 0.6 is 0 Å². The Bertz CT molecular complexity index is 391. The van der Waals surface area contributed by atoms with E-state index in [9.17, 15) is 4.79 Å². The van der Waals surface area contributed by atoms with Crippen molar-refractivity contribution in [3.8, 4) is 0 Å². The van der Waals surface area contributed by atoms with E-state index in [1.165, 1.54) is 0 Å². The number of hydrogen-bond donors (Lipinski definition) is 0. The van der Waals surface area contributed by atoms with Gasteiger partial charge in [0.25, 0.3) is 0 Å². The Hall–Kier alpha value is -0.813. The van der Waals surface area contributed by atoms with E-state index in [1.54, 1.807) is 4.90 Å². The summed E-state index contributed by atoms with van der Waals surface area (Å²) in [4.78, 5) is 13.9. The Morgan fingerprint density at radius 2 is 1.75 bits per heavy atom. The SMILES string of the molecule is CC(C)(C)OC(=O)N1CC=CC1O[Si](C)(C)C(C)(C)C. The fourth-order valence-corrected chi connectivity index (χ4v) is 2.74. The molecule has 1 aliphatic rings. The van der Waals surface area contributed by atoms with Gasteiger partial charge in [0.05, 0.1) is 0 Å². The molecule has 1 aliphatic heterocycles. The molecule has 1 amide bonds. The van der Waals surface area contributed by atoms with Gasteiger partial charge in [0, 0.05) is 6.54 Å². The van der Waals surface area contributed by atoms with Gasteiger partial charge in [0.2, 0.25) is 0 Å². The summed E-state index contributed by atoms with van der Waals surface area (Å²) >= 11 is 0. The van der Waals surface area contributed by atoms with Gasteiger partial charge in [-0.1, -0.05) is 26.8 Å². The van der Waals surface area contributed by atoms with Crippen LogP contribution < -0.4 is 0 Å². The smallest absolute Gasteiger partial charge is 0.412 e. The van der Waals surface area contributed by atoms with E-state index in [1.807, 2.05) is 32.9 Å². The predicted octanol–water partition coefficient (Wildman–Crippen LogP) is 4.14. The van der Waals surface area contributed by atoms with Gasteiger partial charge >= 0.3 is 6.09 Å². The highest BCUT2D eigenvalue weighted by molar-refractivity contribution is 6.74. The van der Waals surface area contributed by atoms with Gasteiger partial charge < -0.3 is 9.16 Å². The number of carbonyl (C=O) groups is 1. The quantitative estimate of drug-likeness (QED) is 0.568. The van der Waals surface area contributed by atoms with Crippen molar-refractivity contribution in [2.45, 2.75) is 71.5 Å². The van der Waals surface area contributed by atoms with Crippen LogP contribution in [0.3, 0.4) is 0 Å². The number of amides is 1. The lowest BCUT2D eigenvalue weighted by Gasteiger charge is -2.40. The molecule has 20 heavy (non-hydrogen) atoms. The number of hydrogen-bond acceptors (Lipinski definition) is 3. The molecule has 0 aromatic carbocycles. The van der Waals surface area contributed by atoms with Crippen LogP contribution in [0.2, 0.25) is 18.1 Å². The highest BCUT2D eigenvalue weighted by atomic mass is 28.4.